The highest BCUT2D eigenvalue weighted by atomic mass is 16.5. The molecule has 1 atom stereocenters. The summed E-state index contributed by atoms with van der Waals surface area (Å²) in [6, 6.07) is 9.39. The van der Waals surface area contributed by atoms with Gasteiger partial charge in [0.25, 0.3) is 0 Å². The number of rotatable bonds is 4. The Kier molecular flexibility index (Phi) is 3.89. The van der Waals surface area contributed by atoms with Crippen molar-refractivity contribution in [3.8, 4) is 0 Å². The number of nitrogens with two attached hydrogens (primary N) is 1. The second-order valence-corrected chi connectivity index (χ2v) is 4.08. The van der Waals surface area contributed by atoms with Crippen molar-refractivity contribution in [3.05, 3.63) is 42.1 Å². The summed E-state index contributed by atoms with van der Waals surface area (Å²) in [5, 5.41) is 1.02. The van der Waals surface area contributed by atoms with Gasteiger partial charge in [-0.05, 0) is 24.6 Å². The van der Waals surface area contributed by atoms with E-state index >= 15 is 0 Å². The summed E-state index contributed by atoms with van der Waals surface area (Å²) in [5.41, 5.74) is 7.75. The lowest BCUT2D eigenvalue weighted by atomic mass is 10.0. The van der Waals surface area contributed by atoms with Crippen molar-refractivity contribution in [1.29, 1.82) is 0 Å². The van der Waals surface area contributed by atoms with Crippen LogP contribution in [-0.4, -0.2) is 17.6 Å². The molecule has 4 heteroatoms. The Morgan fingerprint density at radius 1 is 1.44 bits per heavy atom. The molecule has 2 N–H and O–H groups in total. The Labute approximate surface area is 106 Å². The molecule has 0 radical (unpaired) electrons. The zero-order valence-electron chi connectivity index (χ0n) is 10.3. The number of carbonyl (C=O) groups excluding carboxylic acids is 1. The quantitative estimate of drug-likeness (QED) is 0.837. The maximum Gasteiger partial charge on any atom is 0.307 e. The van der Waals surface area contributed by atoms with Gasteiger partial charge in [0.05, 0.1) is 18.5 Å². The normalized spacial score (nSPS) is 12.3. The van der Waals surface area contributed by atoms with Crippen LogP contribution in [0.1, 0.15) is 24.9 Å². The van der Waals surface area contributed by atoms with E-state index in [2.05, 4.69) is 4.98 Å². The van der Waals surface area contributed by atoms with Gasteiger partial charge in [0.1, 0.15) is 0 Å². The van der Waals surface area contributed by atoms with E-state index in [1.807, 2.05) is 30.3 Å². The maximum absolute atomic E-state index is 11.4. The van der Waals surface area contributed by atoms with Crippen LogP contribution in [0.3, 0.4) is 0 Å². The predicted octanol–water partition coefficient (Wildman–Crippen LogP) is 2.19. The molecule has 1 aromatic carbocycles. The van der Waals surface area contributed by atoms with Crippen molar-refractivity contribution < 1.29 is 9.53 Å². The number of esters is 1. The summed E-state index contributed by atoms with van der Waals surface area (Å²) in [7, 11) is 0. The lowest BCUT2D eigenvalue weighted by Gasteiger charge is -2.11. The van der Waals surface area contributed by atoms with E-state index in [0.717, 1.165) is 16.5 Å². The third-order valence-electron chi connectivity index (χ3n) is 2.73. The predicted molar refractivity (Wildman–Crippen MR) is 69.9 cm³/mol. The van der Waals surface area contributed by atoms with Crippen LogP contribution in [0, 0.1) is 0 Å². The van der Waals surface area contributed by atoms with E-state index in [-0.39, 0.29) is 18.4 Å². The van der Waals surface area contributed by atoms with Crippen LogP contribution < -0.4 is 5.73 Å². The van der Waals surface area contributed by atoms with Crippen molar-refractivity contribution in [3.63, 3.8) is 0 Å². The van der Waals surface area contributed by atoms with Gasteiger partial charge in [0.2, 0.25) is 0 Å². The molecule has 0 fully saturated rings. The molecular weight excluding hydrogens is 228 g/mol. The summed E-state index contributed by atoms with van der Waals surface area (Å²) in [4.78, 5) is 15.7. The van der Waals surface area contributed by atoms with E-state index in [1.54, 1.807) is 13.1 Å². The van der Waals surface area contributed by atoms with Gasteiger partial charge in [-0.25, -0.2) is 0 Å². The molecule has 1 heterocycles. The number of nitrogens with zero attached hydrogens (tertiary/aromatic N) is 1. The second-order valence-electron chi connectivity index (χ2n) is 4.08. The van der Waals surface area contributed by atoms with Crippen LogP contribution in [-0.2, 0) is 9.53 Å². The SMILES string of the molecule is CCOC(=O)C[C@@H](N)c1cnc2ccccc2c1. The lowest BCUT2D eigenvalue weighted by Crippen LogP contribution is -2.17. The topological polar surface area (TPSA) is 65.2 Å². The molecule has 0 aliphatic carbocycles. The summed E-state index contributed by atoms with van der Waals surface area (Å²) in [6.45, 7) is 2.16. The highest BCUT2D eigenvalue weighted by Crippen LogP contribution is 2.19. The van der Waals surface area contributed by atoms with Gasteiger partial charge in [0.15, 0.2) is 0 Å². The molecule has 0 saturated heterocycles. The van der Waals surface area contributed by atoms with E-state index in [1.165, 1.54) is 0 Å². The van der Waals surface area contributed by atoms with Crippen LogP contribution in [0.15, 0.2) is 36.5 Å². The molecule has 0 unspecified atom stereocenters. The fourth-order valence-corrected chi connectivity index (χ4v) is 1.81. The van der Waals surface area contributed by atoms with Gasteiger partial charge in [-0.3, -0.25) is 9.78 Å². The molecule has 0 amide bonds. The van der Waals surface area contributed by atoms with E-state index in [0.29, 0.717) is 6.61 Å². The van der Waals surface area contributed by atoms with Crippen molar-refractivity contribution in [2.75, 3.05) is 6.61 Å². The number of ether oxygens (including phenoxy) is 1. The van der Waals surface area contributed by atoms with Crippen molar-refractivity contribution >= 4 is 16.9 Å². The highest BCUT2D eigenvalue weighted by molar-refractivity contribution is 5.79. The fourth-order valence-electron chi connectivity index (χ4n) is 1.81. The van der Waals surface area contributed by atoms with E-state index < -0.39 is 0 Å². The number of carbonyl (C=O) groups is 1. The Hall–Kier alpha value is -1.94. The van der Waals surface area contributed by atoms with Gasteiger partial charge in [-0.1, -0.05) is 18.2 Å². The van der Waals surface area contributed by atoms with Gasteiger partial charge in [0, 0.05) is 17.6 Å². The third kappa shape index (κ3) is 2.84. The molecule has 94 valence electrons. The molecular formula is C14H16N2O2. The molecule has 4 nitrogen and oxygen atoms in total. The molecule has 1 aromatic heterocycles. The number of fused-ring (bicyclic) bond motifs is 1. The van der Waals surface area contributed by atoms with Crippen molar-refractivity contribution in [1.82, 2.24) is 4.98 Å². The zero-order valence-corrected chi connectivity index (χ0v) is 10.3. The fraction of sp³-hybridized carbons (Fsp3) is 0.286. The first-order valence-electron chi connectivity index (χ1n) is 5.96. The van der Waals surface area contributed by atoms with Gasteiger partial charge in [-0.15, -0.1) is 0 Å². The van der Waals surface area contributed by atoms with Crippen molar-refractivity contribution in [2.45, 2.75) is 19.4 Å². The van der Waals surface area contributed by atoms with Gasteiger partial charge in [-0.2, -0.15) is 0 Å². The molecule has 0 spiro atoms. The van der Waals surface area contributed by atoms with E-state index in [4.69, 9.17) is 10.5 Å². The first-order valence-corrected chi connectivity index (χ1v) is 5.96. The molecule has 0 saturated carbocycles. The minimum atomic E-state index is -0.374. The molecule has 0 aliphatic rings. The summed E-state index contributed by atoms with van der Waals surface area (Å²) in [6.07, 6.45) is 1.89. The monoisotopic (exact) mass is 244 g/mol. The zero-order chi connectivity index (χ0) is 13.0. The molecule has 2 aromatic rings. The maximum atomic E-state index is 11.4. The van der Waals surface area contributed by atoms with Crippen LogP contribution in [0.4, 0.5) is 0 Å². The van der Waals surface area contributed by atoms with Crippen LogP contribution >= 0.6 is 0 Å². The summed E-state index contributed by atoms with van der Waals surface area (Å²) < 4.78 is 4.88. The number of para-hydroxylation sites is 1. The lowest BCUT2D eigenvalue weighted by molar-refractivity contribution is -0.143. The number of pyridine rings is 1. The minimum Gasteiger partial charge on any atom is -0.466 e. The average Bonchev–Trinajstić information content (AvgIpc) is 2.38. The molecule has 2 rings (SSSR count). The van der Waals surface area contributed by atoms with Crippen LogP contribution in [0.5, 0.6) is 0 Å². The standard InChI is InChI=1S/C14H16N2O2/c1-2-18-14(17)8-12(15)11-7-10-5-3-4-6-13(10)16-9-11/h3-7,9,12H,2,8,15H2,1H3/t12-/m1/s1. The molecule has 0 bridgehead atoms. The van der Waals surface area contributed by atoms with Crippen molar-refractivity contribution in [2.24, 2.45) is 5.73 Å². The Bertz CT molecular complexity index is 554. The number of benzene rings is 1. The largest absolute Gasteiger partial charge is 0.466 e. The minimum absolute atomic E-state index is 0.174. The molecule has 18 heavy (non-hydrogen) atoms. The number of hydrogen-bond donors (Lipinski definition) is 1. The first kappa shape index (κ1) is 12.5. The van der Waals surface area contributed by atoms with Gasteiger partial charge < -0.3 is 10.5 Å². The smallest absolute Gasteiger partial charge is 0.307 e. The highest BCUT2D eigenvalue weighted by Gasteiger charge is 2.13. The van der Waals surface area contributed by atoms with Crippen LogP contribution in [0.25, 0.3) is 10.9 Å². The van der Waals surface area contributed by atoms with Gasteiger partial charge >= 0.3 is 5.97 Å². The Morgan fingerprint density at radius 2 is 2.22 bits per heavy atom. The third-order valence-corrected chi connectivity index (χ3v) is 2.73. The number of hydrogen-bond acceptors (Lipinski definition) is 4. The van der Waals surface area contributed by atoms with E-state index in [9.17, 15) is 4.79 Å². The first-order chi connectivity index (χ1) is 8.70. The second kappa shape index (κ2) is 5.60. The Balaban J connectivity index is 2.17. The van der Waals surface area contributed by atoms with Crippen LogP contribution in [0.2, 0.25) is 0 Å². The average molecular weight is 244 g/mol. The molecule has 0 aliphatic heterocycles. The summed E-state index contributed by atoms with van der Waals surface area (Å²) >= 11 is 0. The number of aromatic nitrogens is 1. The summed E-state index contributed by atoms with van der Waals surface area (Å²) in [5.74, 6) is -0.279. The Morgan fingerprint density at radius 3 is 3.00 bits per heavy atom.